The Bertz CT molecular complexity index is 683. The van der Waals surface area contributed by atoms with Gasteiger partial charge in [0.25, 0.3) is 0 Å². The van der Waals surface area contributed by atoms with Gasteiger partial charge in [0.05, 0.1) is 52.7 Å². The molecule has 3 N–H and O–H groups in total. The van der Waals surface area contributed by atoms with Crippen molar-refractivity contribution in [2.45, 2.75) is 6.54 Å². The van der Waals surface area contributed by atoms with Gasteiger partial charge in [-0.2, -0.15) is 0 Å². The fourth-order valence-corrected chi connectivity index (χ4v) is 3.52. The zero-order valence-electron chi connectivity index (χ0n) is 19.6. The first-order valence-corrected chi connectivity index (χ1v) is 11.5. The van der Waals surface area contributed by atoms with Crippen molar-refractivity contribution in [3.63, 3.8) is 0 Å². The minimum atomic E-state index is -0.908. The molecule has 1 aliphatic heterocycles. The number of hydrogen-bond donors (Lipinski definition) is 3. The molecule has 2 rings (SSSR count). The van der Waals surface area contributed by atoms with Crippen LogP contribution in [0.2, 0.25) is 0 Å². The average molecular weight is 484 g/mol. The largest absolute Gasteiger partial charge is 0.508 e. The number of nitrogens with zero attached hydrogens (tertiary/aromatic N) is 3. The molecule has 1 saturated heterocycles. The van der Waals surface area contributed by atoms with Crippen LogP contribution in [0.3, 0.4) is 0 Å². The topological polar surface area (TPSA) is 132 Å². The van der Waals surface area contributed by atoms with Crippen LogP contribution in [0.5, 0.6) is 5.75 Å². The Morgan fingerprint density at radius 3 is 1.35 bits per heavy atom. The number of hydrogen-bond acceptors (Lipinski definition) is 9. The second-order valence-corrected chi connectivity index (χ2v) is 8.12. The van der Waals surface area contributed by atoms with E-state index < -0.39 is 11.9 Å². The third-order valence-corrected chi connectivity index (χ3v) is 5.37. The second-order valence-electron chi connectivity index (χ2n) is 8.12. The molecule has 192 valence electrons. The van der Waals surface area contributed by atoms with E-state index in [0.29, 0.717) is 85.5 Å². The molecule has 0 aromatic heterocycles. The molecule has 1 heterocycles. The molecule has 0 amide bonds. The minimum absolute atomic E-state index is 0.0951. The third kappa shape index (κ3) is 12.8. The summed E-state index contributed by atoms with van der Waals surface area (Å²) in [6.45, 7) is 6.14. The summed E-state index contributed by atoms with van der Waals surface area (Å²) in [6, 6.07) is 7.06. The molecule has 0 aliphatic carbocycles. The molecule has 0 radical (unpaired) electrons. The van der Waals surface area contributed by atoms with Gasteiger partial charge in [-0.1, -0.05) is 12.1 Å². The second kappa shape index (κ2) is 16.4. The molecule has 0 spiro atoms. The average Bonchev–Trinajstić information content (AvgIpc) is 2.77. The van der Waals surface area contributed by atoms with Crippen LogP contribution >= 0.6 is 0 Å². The number of ether oxygens (including phenoxy) is 3. The van der Waals surface area contributed by atoms with E-state index in [9.17, 15) is 14.7 Å². The van der Waals surface area contributed by atoms with E-state index in [1.54, 1.807) is 21.9 Å². The van der Waals surface area contributed by atoms with Crippen molar-refractivity contribution in [2.24, 2.45) is 0 Å². The van der Waals surface area contributed by atoms with Crippen molar-refractivity contribution < 1.29 is 39.1 Å². The van der Waals surface area contributed by atoms with Gasteiger partial charge in [-0.15, -0.1) is 0 Å². The first-order chi connectivity index (χ1) is 16.4. The first-order valence-electron chi connectivity index (χ1n) is 11.5. The smallest absolute Gasteiger partial charge is 0.317 e. The Hall–Kier alpha value is -2.28. The summed E-state index contributed by atoms with van der Waals surface area (Å²) < 4.78 is 17.1. The molecule has 1 aliphatic rings. The van der Waals surface area contributed by atoms with Gasteiger partial charge < -0.3 is 29.5 Å². The highest BCUT2D eigenvalue weighted by molar-refractivity contribution is 5.69. The van der Waals surface area contributed by atoms with Gasteiger partial charge in [0.2, 0.25) is 0 Å². The number of carboxylic acids is 2. The Balaban J connectivity index is 1.95. The molecule has 11 nitrogen and oxygen atoms in total. The Kier molecular flexibility index (Phi) is 13.5. The van der Waals surface area contributed by atoms with Gasteiger partial charge in [0.1, 0.15) is 5.75 Å². The molecule has 1 fully saturated rings. The number of aliphatic carboxylic acids is 2. The highest BCUT2D eigenvalue weighted by Crippen LogP contribution is 2.11. The van der Waals surface area contributed by atoms with Crippen molar-refractivity contribution >= 4 is 11.9 Å². The number of rotatable bonds is 6. The summed E-state index contributed by atoms with van der Waals surface area (Å²) in [5.41, 5.74) is 1.06. The van der Waals surface area contributed by atoms with E-state index in [2.05, 4.69) is 4.90 Å². The minimum Gasteiger partial charge on any atom is -0.508 e. The molecular weight excluding hydrogens is 446 g/mol. The fraction of sp³-hybridized carbons (Fsp3) is 0.652. The van der Waals surface area contributed by atoms with E-state index in [-0.39, 0.29) is 18.8 Å². The quantitative estimate of drug-likeness (QED) is 0.506. The predicted molar refractivity (Wildman–Crippen MR) is 124 cm³/mol. The SMILES string of the molecule is O=C(O)CN1CCOCCN(CC(=O)O)CCOCCN(Cc2ccc(O)cc2)CCOCC1. The summed E-state index contributed by atoms with van der Waals surface area (Å²) in [5, 5.41) is 27.8. The Morgan fingerprint density at radius 2 is 1.00 bits per heavy atom. The number of aromatic hydroxyl groups is 1. The molecule has 1 aromatic carbocycles. The number of phenolic OH excluding ortho intramolecular Hbond substituents is 1. The van der Waals surface area contributed by atoms with Gasteiger partial charge in [-0.3, -0.25) is 24.3 Å². The lowest BCUT2D eigenvalue weighted by atomic mass is 10.2. The lowest BCUT2D eigenvalue weighted by molar-refractivity contribution is -0.139. The fourth-order valence-electron chi connectivity index (χ4n) is 3.52. The van der Waals surface area contributed by atoms with Crippen LogP contribution in [-0.2, 0) is 30.3 Å². The molecular formula is C23H37N3O8. The van der Waals surface area contributed by atoms with E-state index in [1.165, 1.54) is 0 Å². The molecule has 0 unspecified atom stereocenters. The van der Waals surface area contributed by atoms with Gasteiger partial charge >= 0.3 is 11.9 Å². The van der Waals surface area contributed by atoms with Gasteiger partial charge in [0, 0.05) is 45.8 Å². The lowest BCUT2D eigenvalue weighted by Gasteiger charge is -2.25. The Labute approximate surface area is 200 Å². The lowest BCUT2D eigenvalue weighted by Crippen LogP contribution is -2.38. The van der Waals surface area contributed by atoms with Crippen LogP contribution in [0.4, 0.5) is 0 Å². The monoisotopic (exact) mass is 483 g/mol. The zero-order valence-corrected chi connectivity index (χ0v) is 19.6. The van der Waals surface area contributed by atoms with Gasteiger partial charge in [-0.05, 0) is 17.7 Å². The maximum atomic E-state index is 11.2. The molecule has 0 bridgehead atoms. The zero-order chi connectivity index (χ0) is 24.6. The van der Waals surface area contributed by atoms with E-state index >= 15 is 0 Å². The van der Waals surface area contributed by atoms with Crippen LogP contribution in [-0.4, -0.2) is 134 Å². The van der Waals surface area contributed by atoms with Crippen molar-refractivity contribution in [3.8, 4) is 5.75 Å². The van der Waals surface area contributed by atoms with E-state index in [0.717, 1.165) is 5.56 Å². The van der Waals surface area contributed by atoms with E-state index in [1.807, 2.05) is 12.1 Å². The molecule has 34 heavy (non-hydrogen) atoms. The van der Waals surface area contributed by atoms with Crippen molar-refractivity contribution in [1.29, 1.82) is 0 Å². The summed E-state index contributed by atoms with van der Waals surface area (Å²) in [5.74, 6) is -1.60. The molecule has 1 aromatic rings. The van der Waals surface area contributed by atoms with Crippen LogP contribution < -0.4 is 0 Å². The molecule has 0 atom stereocenters. The number of benzene rings is 1. The highest BCUT2D eigenvalue weighted by atomic mass is 16.5. The summed E-state index contributed by atoms with van der Waals surface area (Å²) in [6.07, 6.45) is 0. The van der Waals surface area contributed by atoms with Gasteiger partial charge in [0.15, 0.2) is 0 Å². The highest BCUT2D eigenvalue weighted by Gasteiger charge is 2.13. The normalized spacial score (nSPS) is 19.8. The number of phenols is 1. The summed E-state index contributed by atoms with van der Waals surface area (Å²) in [7, 11) is 0. The van der Waals surface area contributed by atoms with Crippen LogP contribution in [0.15, 0.2) is 24.3 Å². The molecule has 11 heteroatoms. The van der Waals surface area contributed by atoms with Crippen molar-refractivity contribution in [1.82, 2.24) is 14.7 Å². The van der Waals surface area contributed by atoms with Crippen LogP contribution in [0.1, 0.15) is 5.56 Å². The maximum absolute atomic E-state index is 11.2. The maximum Gasteiger partial charge on any atom is 0.317 e. The number of carboxylic acid groups (broad SMARTS) is 2. The van der Waals surface area contributed by atoms with Crippen LogP contribution in [0, 0.1) is 0 Å². The Morgan fingerprint density at radius 1 is 0.647 bits per heavy atom. The molecule has 0 saturated carbocycles. The van der Waals surface area contributed by atoms with Crippen molar-refractivity contribution in [2.75, 3.05) is 92.0 Å². The van der Waals surface area contributed by atoms with Gasteiger partial charge in [-0.25, -0.2) is 0 Å². The third-order valence-electron chi connectivity index (χ3n) is 5.37. The summed E-state index contributed by atoms with van der Waals surface area (Å²) in [4.78, 5) is 28.0. The standard InChI is InChI=1S/C23H37N3O8/c27-21-3-1-20(2-4-21)17-24-5-11-32-13-7-25(18-22(28)29)9-15-34-16-10-26(19-23(30)31)8-14-33-12-6-24/h1-4,27H,5-19H2,(H,28,29)(H,30,31). The number of carbonyl (C=O) groups is 2. The van der Waals surface area contributed by atoms with E-state index in [4.69, 9.17) is 24.4 Å². The predicted octanol–water partition coefficient (Wildman–Crippen LogP) is 0.0308. The van der Waals surface area contributed by atoms with Crippen molar-refractivity contribution in [3.05, 3.63) is 29.8 Å². The van der Waals surface area contributed by atoms with Crippen LogP contribution in [0.25, 0.3) is 0 Å². The summed E-state index contributed by atoms with van der Waals surface area (Å²) >= 11 is 0. The first kappa shape index (κ1) is 28.0.